The number of alkyl halides is 7. The van der Waals surface area contributed by atoms with Gasteiger partial charge in [0.15, 0.2) is 11.5 Å². The van der Waals surface area contributed by atoms with Crippen molar-refractivity contribution in [3.8, 4) is 5.82 Å². The third-order valence-corrected chi connectivity index (χ3v) is 7.85. The Bertz CT molecular complexity index is 1840. The predicted molar refractivity (Wildman–Crippen MR) is 154 cm³/mol. The average molecular weight is 707 g/mol. The van der Waals surface area contributed by atoms with Crippen LogP contribution >= 0.6 is 23.2 Å². The topological polar surface area (TPSA) is 120 Å². The average Bonchev–Trinajstić information content (AvgIpc) is 3.59. The van der Waals surface area contributed by atoms with E-state index < -0.39 is 42.1 Å². The molecule has 5 rings (SSSR count). The van der Waals surface area contributed by atoms with Gasteiger partial charge in [0.05, 0.1) is 34.7 Å². The highest BCUT2D eigenvalue weighted by molar-refractivity contribution is 6.32. The summed E-state index contributed by atoms with van der Waals surface area (Å²) in [7, 11) is 0. The van der Waals surface area contributed by atoms with Crippen LogP contribution in [0.15, 0.2) is 42.7 Å². The molecule has 0 bridgehead atoms. The molecule has 19 heteroatoms. The second-order valence-electron chi connectivity index (χ2n) is 10.9. The maximum Gasteiger partial charge on any atom is 0.460 e. The van der Waals surface area contributed by atoms with Crippen LogP contribution in [0.2, 0.25) is 10.0 Å². The van der Waals surface area contributed by atoms with Gasteiger partial charge in [-0.2, -0.15) is 35.8 Å². The van der Waals surface area contributed by atoms with Gasteiger partial charge in [-0.15, -0.1) is 5.10 Å². The van der Waals surface area contributed by atoms with E-state index >= 15 is 0 Å². The molecule has 1 unspecified atom stereocenters. The molecule has 47 heavy (non-hydrogen) atoms. The summed E-state index contributed by atoms with van der Waals surface area (Å²) in [5, 5.41) is 16.1. The molecule has 0 spiro atoms. The standard InChI is InChI=1S/C28H23Cl2F7N8O2/c1-13-8-16(29)9-18(24(46)39-14(2)15-5-6-15)22(13)40-25(47)20-10-17(42-45(20)23-19(30)4-3-7-38-23)11-44-12-21(41-43-44)26(31,32)27(33,34)28(35,36)37/h3-4,7-10,12,14-15H,5-6,11H2,1-2H3,(H,39,46)(H,40,47). The molecular formula is C28H23Cl2F7N8O2. The number of pyridine rings is 1. The molecule has 3 heterocycles. The van der Waals surface area contributed by atoms with Crippen LogP contribution in [0.5, 0.6) is 0 Å². The zero-order chi connectivity index (χ0) is 34.5. The summed E-state index contributed by atoms with van der Waals surface area (Å²) in [5.74, 6) is -13.2. The van der Waals surface area contributed by atoms with E-state index in [1.165, 1.54) is 30.5 Å². The first-order valence-electron chi connectivity index (χ1n) is 13.8. The number of hydrogen-bond acceptors (Lipinski definition) is 6. The Balaban J connectivity index is 1.48. The zero-order valence-corrected chi connectivity index (χ0v) is 25.7. The largest absolute Gasteiger partial charge is 0.460 e. The highest BCUT2D eigenvalue weighted by Gasteiger charge is 2.74. The molecular weight excluding hydrogens is 684 g/mol. The van der Waals surface area contributed by atoms with Crippen molar-refractivity contribution in [2.45, 2.75) is 57.3 Å². The molecule has 0 aliphatic heterocycles. The van der Waals surface area contributed by atoms with Gasteiger partial charge in [-0.1, -0.05) is 28.4 Å². The minimum Gasteiger partial charge on any atom is -0.349 e. The van der Waals surface area contributed by atoms with Gasteiger partial charge in [-0.3, -0.25) is 9.59 Å². The Kier molecular flexibility index (Phi) is 9.00. The fourth-order valence-electron chi connectivity index (χ4n) is 4.65. The lowest BCUT2D eigenvalue weighted by molar-refractivity contribution is -0.360. The number of carbonyl (C=O) groups excluding carboxylic acids is 2. The highest BCUT2D eigenvalue weighted by Crippen LogP contribution is 2.51. The minimum atomic E-state index is -6.57. The Morgan fingerprint density at radius 1 is 1.06 bits per heavy atom. The monoisotopic (exact) mass is 706 g/mol. The van der Waals surface area contributed by atoms with Crippen LogP contribution in [0.3, 0.4) is 0 Å². The molecule has 1 saturated carbocycles. The van der Waals surface area contributed by atoms with Crippen molar-refractivity contribution < 1.29 is 40.3 Å². The maximum absolute atomic E-state index is 14.2. The van der Waals surface area contributed by atoms with Crippen LogP contribution in [0.1, 0.15) is 57.6 Å². The molecule has 250 valence electrons. The van der Waals surface area contributed by atoms with Crippen LogP contribution in [0.4, 0.5) is 36.4 Å². The Labute approximate surface area is 271 Å². The van der Waals surface area contributed by atoms with Gasteiger partial charge in [0.25, 0.3) is 11.8 Å². The third kappa shape index (κ3) is 6.76. The summed E-state index contributed by atoms with van der Waals surface area (Å²) in [6, 6.07) is 6.87. The first kappa shape index (κ1) is 34.1. The number of carbonyl (C=O) groups is 2. The van der Waals surface area contributed by atoms with Crippen molar-refractivity contribution in [1.29, 1.82) is 0 Å². The maximum atomic E-state index is 14.2. The Hall–Kier alpha value is -4.25. The summed E-state index contributed by atoms with van der Waals surface area (Å²) < 4.78 is 95.0. The van der Waals surface area contributed by atoms with E-state index in [1.807, 2.05) is 6.92 Å². The molecule has 0 saturated heterocycles. The van der Waals surface area contributed by atoms with Crippen molar-refractivity contribution in [3.05, 3.63) is 81.0 Å². The first-order chi connectivity index (χ1) is 21.9. The molecule has 1 aliphatic rings. The lowest BCUT2D eigenvalue weighted by Crippen LogP contribution is -2.50. The quantitative estimate of drug-likeness (QED) is 0.180. The lowest BCUT2D eigenvalue weighted by atomic mass is 10.1. The SMILES string of the molecule is Cc1cc(Cl)cc(C(=O)NC(C)C2CC2)c1NC(=O)c1cc(Cn2cc(C(F)(F)C(F)(F)C(F)(F)F)nn2)nn1-c1ncccc1Cl. The minimum absolute atomic E-state index is 0.0325. The fraction of sp³-hybridized carbons (Fsp3) is 0.357. The van der Waals surface area contributed by atoms with Gasteiger partial charge in [0.1, 0.15) is 5.69 Å². The summed E-state index contributed by atoms with van der Waals surface area (Å²) in [6.45, 7) is 2.87. The van der Waals surface area contributed by atoms with E-state index in [-0.39, 0.29) is 50.7 Å². The van der Waals surface area contributed by atoms with Crippen LogP contribution in [-0.4, -0.2) is 59.7 Å². The number of hydrogen-bond donors (Lipinski definition) is 2. The molecule has 4 aromatic rings. The molecule has 0 radical (unpaired) electrons. The summed E-state index contributed by atoms with van der Waals surface area (Å²) in [5.41, 5.74) is -1.65. The fourth-order valence-corrected chi connectivity index (χ4v) is 5.13. The van der Waals surface area contributed by atoms with Crippen molar-refractivity contribution in [3.63, 3.8) is 0 Å². The number of aromatic nitrogens is 6. The van der Waals surface area contributed by atoms with Crippen molar-refractivity contribution in [2.75, 3.05) is 5.32 Å². The van der Waals surface area contributed by atoms with Gasteiger partial charge in [0, 0.05) is 17.3 Å². The Morgan fingerprint density at radius 3 is 2.40 bits per heavy atom. The molecule has 1 aromatic carbocycles. The molecule has 1 fully saturated rings. The molecule has 3 aromatic heterocycles. The number of aryl methyl sites for hydroxylation is 1. The molecule has 10 nitrogen and oxygen atoms in total. The van der Waals surface area contributed by atoms with Gasteiger partial charge >= 0.3 is 18.0 Å². The van der Waals surface area contributed by atoms with Gasteiger partial charge in [-0.05, 0) is 68.5 Å². The summed E-state index contributed by atoms with van der Waals surface area (Å²) >= 11 is 12.5. The highest BCUT2D eigenvalue weighted by atomic mass is 35.5. The third-order valence-electron chi connectivity index (χ3n) is 7.34. The molecule has 1 aliphatic carbocycles. The summed E-state index contributed by atoms with van der Waals surface area (Å²) in [4.78, 5) is 31.1. The van der Waals surface area contributed by atoms with Crippen LogP contribution in [0, 0.1) is 12.8 Å². The Morgan fingerprint density at radius 2 is 1.77 bits per heavy atom. The van der Waals surface area contributed by atoms with E-state index in [0.29, 0.717) is 16.2 Å². The normalized spacial score (nSPS) is 14.6. The van der Waals surface area contributed by atoms with Crippen molar-refractivity contribution in [1.82, 2.24) is 35.1 Å². The number of benzene rings is 1. The zero-order valence-electron chi connectivity index (χ0n) is 24.2. The van der Waals surface area contributed by atoms with Crippen LogP contribution in [0.25, 0.3) is 5.82 Å². The molecule has 2 N–H and O–H groups in total. The number of nitrogens with one attached hydrogen (secondary N) is 2. The number of nitrogens with zero attached hydrogens (tertiary/aromatic N) is 6. The van der Waals surface area contributed by atoms with Crippen molar-refractivity contribution in [2.24, 2.45) is 5.92 Å². The number of halogens is 9. The number of rotatable bonds is 10. The molecule has 2 amide bonds. The van der Waals surface area contributed by atoms with E-state index in [2.05, 4.69) is 31.0 Å². The second kappa shape index (κ2) is 12.4. The molecule has 1 atom stereocenters. The van der Waals surface area contributed by atoms with E-state index in [1.54, 1.807) is 6.92 Å². The van der Waals surface area contributed by atoms with Gasteiger partial charge in [-0.25, -0.2) is 14.3 Å². The van der Waals surface area contributed by atoms with E-state index in [4.69, 9.17) is 23.2 Å². The van der Waals surface area contributed by atoms with Crippen LogP contribution in [-0.2, 0) is 12.5 Å². The van der Waals surface area contributed by atoms with Crippen LogP contribution < -0.4 is 10.6 Å². The van der Waals surface area contributed by atoms with E-state index in [0.717, 1.165) is 23.6 Å². The van der Waals surface area contributed by atoms with Crippen molar-refractivity contribution >= 4 is 40.7 Å². The first-order valence-corrected chi connectivity index (χ1v) is 14.5. The second-order valence-corrected chi connectivity index (χ2v) is 11.7. The predicted octanol–water partition coefficient (Wildman–Crippen LogP) is 6.59. The number of amides is 2. The van der Waals surface area contributed by atoms with E-state index in [9.17, 15) is 40.3 Å². The number of anilines is 1. The van der Waals surface area contributed by atoms with Gasteiger partial charge in [0.2, 0.25) is 0 Å². The smallest absolute Gasteiger partial charge is 0.349 e. The lowest BCUT2D eigenvalue weighted by Gasteiger charge is -2.26. The van der Waals surface area contributed by atoms with Gasteiger partial charge < -0.3 is 10.6 Å². The summed E-state index contributed by atoms with van der Waals surface area (Å²) in [6.07, 6.45) is -3.08.